The SMILES string of the molecule is COC1CC(CO)(Nc2cc(C)cc(F)c2)C1. The number of rotatable bonds is 4. The number of hydrogen-bond donors (Lipinski definition) is 2. The first-order valence-corrected chi connectivity index (χ1v) is 5.76. The summed E-state index contributed by atoms with van der Waals surface area (Å²) in [5.41, 5.74) is 1.22. The van der Waals surface area contributed by atoms with Crippen LogP contribution < -0.4 is 5.32 Å². The van der Waals surface area contributed by atoms with E-state index in [0.717, 1.165) is 18.4 Å². The van der Waals surface area contributed by atoms with Gasteiger partial charge in [0.25, 0.3) is 0 Å². The van der Waals surface area contributed by atoms with Gasteiger partial charge >= 0.3 is 0 Å². The van der Waals surface area contributed by atoms with Crippen LogP contribution in [-0.4, -0.2) is 30.5 Å². The summed E-state index contributed by atoms with van der Waals surface area (Å²) in [4.78, 5) is 0. The van der Waals surface area contributed by atoms with E-state index in [1.807, 2.05) is 13.0 Å². The molecule has 1 saturated carbocycles. The third kappa shape index (κ3) is 2.58. The number of aliphatic hydroxyl groups excluding tert-OH is 1. The molecule has 0 bridgehead atoms. The van der Waals surface area contributed by atoms with Crippen LogP contribution >= 0.6 is 0 Å². The van der Waals surface area contributed by atoms with Crippen LogP contribution in [0.3, 0.4) is 0 Å². The fourth-order valence-electron chi connectivity index (χ4n) is 2.36. The fourth-order valence-corrected chi connectivity index (χ4v) is 2.36. The maximum absolute atomic E-state index is 13.2. The molecule has 0 saturated heterocycles. The van der Waals surface area contributed by atoms with Crippen LogP contribution in [0.25, 0.3) is 0 Å². The van der Waals surface area contributed by atoms with Crippen molar-refractivity contribution >= 4 is 5.69 Å². The minimum Gasteiger partial charge on any atom is -0.394 e. The van der Waals surface area contributed by atoms with E-state index < -0.39 is 0 Å². The van der Waals surface area contributed by atoms with Crippen molar-refractivity contribution in [1.82, 2.24) is 0 Å². The molecular formula is C13H18FNO2. The van der Waals surface area contributed by atoms with E-state index in [2.05, 4.69) is 5.32 Å². The Bertz CT molecular complexity index is 382. The van der Waals surface area contributed by atoms with Gasteiger partial charge in [-0.1, -0.05) is 0 Å². The largest absolute Gasteiger partial charge is 0.394 e. The zero-order valence-corrected chi connectivity index (χ0v) is 10.2. The number of benzene rings is 1. The predicted molar refractivity (Wildman–Crippen MR) is 64.6 cm³/mol. The molecule has 2 rings (SSSR count). The normalized spacial score (nSPS) is 27.6. The summed E-state index contributed by atoms with van der Waals surface area (Å²) in [5.74, 6) is -0.261. The average molecular weight is 239 g/mol. The first-order valence-electron chi connectivity index (χ1n) is 5.76. The summed E-state index contributed by atoms with van der Waals surface area (Å²) in [6, 6.07) is 4.81. The van der Waals surface area contributed by atoms with Crippen molar-refractivity contribution in [2.24, 2.45) is 0 Å². The standard InChI is InChI=1S/C13H18FNO2/c1-9-3-10(14)5-11(4-9)15-13(8-16)6-12(7-13)17-2/h3-5,12,15-16H,6-8H2,1-2H3. The number of nitrogens with one attached hydrogen (secondary N) is 1. The Kier molecular flexibility index (Phi) is 3.35. The molecule has 1 aromatic carbocycles. The highest BCUT2D eigenvalue weighted by atomic mass is 19.1. The van der Waals surface area contributed by atoms with Gasteiger partial charge in [0.05, 0.1) is 18.2 Å². The summed E-state index contributed by atoms with van der Waals surface area (Å²) >= 11 is 0. The molecule has 0 heterocycles. The van der Waals surface area contributed by atoms with E-state index >= 15 is 0 Å². The molecule has 0 atom stereocenters. The van der Waals surface area contributed by atoms with Crippen molar-refractivity contribution in [2.75, 3.05) is 19.0 Å². The van der Waals surface area contributed by atoms with Gasteiger partial charge in [0.1, 0.15) is 5.82 Å². The summed E-state index contributed by atoms with van der Waals surface area (Å²) in [7, 11) is 1.66. The van der Waals surface area contributed by atoms with Crippen LogP contribution in [0, 0.1) is 12.7 Å². The van der Waals surface area contributed by atoms with Gasteiger partial charge in [-0.25, -0.2) is 4.39 Å². The molecule has 17 heavy (non-hydrogen) atoms. The second-order valence-electron chi connectivity index (χ2n) is 4.85. The minimum atomic E-state index is -0.360. The number of hydrogen-bond acceptors (Lipinski definition) is 3. The molecule has 3 nitrogen and oxygen atoms in total. The average Bonchev–Trinajstić information content (AvgIpc) is 2.21. The highest BCUT2D eigenvalue weighted by Gasteiger charge is 2.44. The third-order valence-corrected chi connectivity index (χ3v) is 3.32. The van der Waals surface area contributed by atoms with E-state index in [4.69, 9.17) is 4.74 Å². The molecule has 0 unspecified atom stereocenters. The molecular weight excluding hydrogens is 221 g/mol. The van der Waals surface area contributed by atoms with Crippen molar-refractivity contribution in [2.45, 2.75) is 31.4 Å². The van der Waals surface area contributed by atoms with Gasteiger partial charge in [0.2, 0.25) is 0 Å². The Hall–Kier alpha value is -1.13. The van der Waals surface area contributed by atoms with Crippen LogP contribution in [-0.2, 0) is 4.74 Å². The Morgan fingerprint density at radius 1 is 1.47 bits per heavy atom. The molecule has 1 fully saturated rings. The first kappa shape index (κ1) is 12.3. The zero-order valence-electron chi connectivity index (χ0n) is 10.2. The van der Waals surface area contributed by atoms with E-state index in [0.29, 0.717) is 5.69 Å². The monoisotopic (exact) mass is 239 g/mol. The van der Waals surface area contributed by atoms with Gasteiger partial charge in [-0.2, -0.15) is 0 Å². The number of methoxy groups -OCH3 is 1. The van der Waals surface area contributed by atoms with Crippen molar-refractivity contribution in [1.29, 1.82) is 0 Å². The maximum Gasteiger partial charge on any atom is 0.125 e. The Balaban J connectivity index is 2.09. The molecule has 1 aliphatic carbocycles. The lowest BCUT2D eigenvalue weighted by molar-refractivity contribution is -0.0256. The highest BCUT2D eigenvalue weighted by Crippen LogP contribution is 2.37. The second kappa shape index (κ2) is 4.63. The highest BCUT2D eigenvalue weighted by molar-refractivity contribution is 5.49. The van der Waals surface area contributed by atoms with Gasteiger partial charge in [0, 0.05) is 12.8 Å². The molecule has 94 valence electrons. The topological polar surface area (TPSA) is 41.5 Å². The van der Waals surface area contributed by atoms with Crippen LogP contribution in [0.15, 0.2) is 18.2 Å². The molecule has 0 radical (unpaired) electrons. The molecule has 2 N–H and O–H groups in total. The van der Waals surface area contributed by atoms with Crippen LogP contribution in [0.4, 0.5) is 10.1 Å². The van der Waals surface area contributed by atoms with Gasteiger partial charge in [-0.05, 0) is 43.5 Å². The van der Waals surface area contributed by atoms with Gasteiger partial charge in [-0.15, -0.1) is 0 Å². The van der Waals surface area contributed by atoms with E-state index in [1.165, 1.54) is 12.1 Å². The second-order valence-corrected chi connectivity index (χ2v) is 4.85. The quantitative estimate of drug-likeness (QED) is 0.845. The van der Waals surface area contributed by atoms with Gasteiger partial charge in [-0.3, -0.25) is 0 Å². The van der Waals surface area contributed by atoms with E-state index in [9.17, 15) is 9.50 Å². The van der Waals surface area contributed by atoms with E-state index in [-0.39, 0.29) is 24.1 Å². The van der Waals surface area contributed by atoms with Crippen molar-refractivity contribution in [3.63, 3.8) is 0 Å². The third-order valence-electron chi connectivity index (χ3n) is 3.32. The Labute approximate surface area is 101 Å². The summed E-state index contributed by atoms with van der Waals surface area (Å²) < 4.78 is 18.4. The minimum absolute atomic E-state index is 0.0302. The molecule has 1 aliphatic rings. The van der Waals surface area contributed by atoms with Crippen molar-refractivity contribution in [3.8, 4) is 0 Å². The lowest BCUT2D eigenvalue weighted by Gasteiger charge is -2.46. The Morgan fingerprint density at radius 3 is 2.71 bits per heavy atom. The van der Waals surface area contributed by atoms with Crippen LogP contribution in [0.5, 0.6) is 0 Å². The number of ether oxygens (including phenoxy) is 1. The number of aliphatic hydroxyl groups is 1. The van der Waals surface area contributed by atoms with Gasteiger partial charge < -0.3 is 15.2 Å². The zero-order chi connectivity index (χ0) is 12.5. The van der Waals surface area contributed by atoms with Crippen molar-refractivity contribution < 1.29 is 14.2 Å². The van der Waals surface area contributed by atoms with Gasteiger partial charge in [0.15, 0.2) is 0 Å². The van der Waals surface area contributed by atoms with E-state index in [1.54, 1.807) is 7.11 Å². The molecule has 0 aliphatic heterocycles. The number of halogens is 1. The van der Waals surface area contributed by atoms with Crippen molar-refractivity contribution in [3.05, 3.63) is 29.6 Å². The van der Waals surface area contributed by atoms with Crippen LogP contribution in [0.2, 0.25) is 0 Å². The maximum atomic E-state index is 13.2. The summed E-state index contributed by atoms with van der Waals surface area (Å²) in [5, 5.41) is 12.7. The number of aryl methyl sites for hydroxylation is 1. The molecule has 4 heteroatoms. The smallest absolute Gasteiger partial charge is 0.125 e. The summed E-state index contributed by atoms with van der Waals surface area (Å²) in [6.45, 7) is 1.88. The molecule has 1 aromatic rings. The summed E-state index contributed by atoms with van der Waals surface area (Å²) in [6.07, 6.45) is 1.68. The molecule has 0 amide bonds. The molecule has 0 spiro atoms. The lowest BCUT2D eigenvalue weighted by atomic mass is 9.74. The molecule has 0 aromatic heterocycles. The predicted octanol–water partition coefficient (Wildman–Crippen LogP) is 2.09. The first-order chi connectivity index (χ1) is 8.07. The fraction of sp³-hybridized carbons (Fsp3) is 0.538. The Morgan fingerprint density at radius 2 is 2.18 bits per heavy atom. The lowest BCUT2D eigenvalue weighted by Crippen LogP contribution is -2.56. The number of anilines is 1. The van der Waals surface area contributed by atoms with Crippen LogP contribution in [0.1, 0.15) is 18.4 Å².